The molecule has 28 heavy (non-hydrogen) atoms. The minimum absolute atomic E-state index is 0.0689. The summed E-state index contributed by atoms with van der Waals surface area (Å²) < 4.78 is 0. The second-order valence-electron chi connectivity index (χ2n) is 7.83. The second-order valence-corrected chi connectivity index (χ2v) is 7.83. The molecule has 5 heteroatoms. The monoisotopic (exact) mass is 376 g/mol. The predicted molar refractivity (Wildman–Crippen MR) is 113 cm³/mol. The minimum atomic E-state index is 0.0689. The fourth-order valence-corrected chi connectivity index (χ4v) is 3.82. The number of aromatic amines is 1. The van der Waals surface area contributed by atoms with Gasteiger partial charge in [0.1, 0.15) is 5.82 Å². The molecule has 2 N–H and O–H groups in total. The van der Waals surface area contributed by atoms with E-state index in [4.69, 9.17) is 0 Å². The number of anilines is 1. The van der Waals surface area contributed by atoms with Crippen molar-refractivity contribution in [2.75, 3.05) is 18.0 Å². The van der Waals surface area contributed by atoms with Crippen LogP contribution in [-0.4, -0.2) is 29.0 Å². The highest BCUT2D eigenvalue weighted by molar-refractivity contribution is 5.84. The number of carbonyl (C=O) groups excluding carboxylic acids is 1. The van der Waals surface area contributed by atoms with Crippen LogP contribution in [0.4, 0.5) is 5.82 Å². The van der Waals surface area contributed by atoms with Gasteiger partial charge >= 0.3 is 0 Å². The van der Waals surface area contributed by atoms with E-state index in [9.17, 15) is 4.79 Å². The van der Waals surface area contributed by atoms with Crippen molar-refractivity contribution in [3.63, 3.8) is 0 Å². The number of fused-ring (bicyclic) bond motifs is 1. The van der Waals surface area contributed by atoms with E-state index in [1.165, 1.54) is 23.8 Å². The van der Waals surface area contributed by atoms with Gasteiger partial charge in [-0.3, -0.25) is 4.79 Å². The molecular weight excluding hydrogens is 348 g/mol. The molecule has 1 aliphatic rings. The number of piperidine rings is 1. The molecule has 146 valence electrons. The van der Waals surface area contributed by atoms with E-state index in [0.717, 1.165) is 42.3 Å². The molecule has 1 fully saturated rings. The molecule has 1 aromatic carbocycles. The molecular formula is C23H28N4O. The smallest absolute Gasteiger partial charge is 0.220 e. The van der Waals surface area contributed by atoms with Gasteiger partial charge in [0, 0.05) is 49.4 Å². The largest absolute Gasteiger partial charge is 0.361 e. The van der Waals surface area contributed by atoms with Crippen LogP contribution in [-0.2, 0) is 17.8 Å². The number of nitrogens with one attached hydrogen (secondary N) is 2. The van der Waals surface area contributed by atoms with E-state index in [-0.39, 0.29) is 5.91 Å². The van der Waals surface area contributed by atoms with Crippen molar-refractivity contribution in [2.45, 2.75) is 39.2 Å². The molecule has 3 heterocycles. The number of carbonyl (C=O) groups is 1. The summed E-state index contributed by atoms with van der Waals surface area (Å²) in [6.45, 7) is 5.00. The Morgan fingerprint density at radius 3 is 2.82 bits per heavy atom. The van der Waals surface area contributed by atoms with Gasteiger partial charge in [0.25, 0.3) is 0 Å². The molecule has 1 amide bonds. The summed E-state index contributed by atoms with van der Waals surface area (Å²) in [7, 11) is 0. The quantitative estimate of drug-likeness (QED) is 0.682. The van der Waals surface area contributed by atoms with E-state index in [0.29, 0.717) is 13.0 Å². The van der Waals surface area contributed by atoms with E-state index in [1.807, 2.05) is 24.5 Å². The fourth-order valence-electron chi connectivity index (χ4n) is 3.82. The van der Waals surface area contributed by atoms with Gasteiger partial charge in [0.05, 0.1) is 0 Å². The highest BCUT2D eigenvalue weighted by Gasteiger charge is 2.16. The topological polar surface area (TPSA) is 61.0 Å². The maximum absolute atomic E-state index is 12.2. The molecule has 0 unspecified atom stereocenters. The Kier molecular flexibility index (Phi) is 5.60. The molecule has 0 radical (unpaired) electrons. The average molecular weight is 377 g/mol. The number of aryl methyl sites for hydroxylation is 1. The summed E-state index contributed by atoms with van der Waals surface area (Å²) in [5.41, 5.74) is 3.34. The van der Waals surface area contributed by atoms with Crippen molar-refractivity contribution in [1.29, 1.82) is 0 Å². The third kappa shape index (κ3) is 4.35. The second kappa shape index (κ2) is 8.46. The lowest BCUT2D eigenvalue weighted by Crippen LogP contribution is -2.33. The molecule has 1 saturated heterocycles. The number of hydrogen-bond acceptors (Lipinski definition) is 3. The van der Waals surface area contributed by atoms with Crippen LogP contribution in [0.3, 0.4) is 0 Å². The summed E-state index contributed by atoms with van der Waals surface area (Å²) in [6, 6.07) is 12.3. The number of amides is 1. The van der Waals surface area contributed by atoms with Crippen molar-refractivity contribution in [3.05, 3.63) is 59.9 Å². The standard InChI is InChI=1S/C23H28N4O/c1-17-10-12-27(13-11-17)22-8-6-18(14-25-22)15-26-23(28)9-7-19-16-24-21-5-3-2-4-20(19)21/h2-6,8,14,16-17,24H,7,9-13,15H2,1H3,(H,26,28). The predicted octanol–water partition coefficient (Wildman–Crippen LogP) is 4.05. The molecule has 1 aliphatic heterocycles. The van der Waals surface area contributed by atoms with Crippen LogP contribution in [0.15, 0.2) is 48.8 Å². The normalized spacial score (nSPS) is 15.1. The lowest BCUT2D eigenvalue weighted by atomic mass is 9.99. The number of nitrogens with zero attached hydrogens (tertiary/aromatic N) is 2. The van der Waals surface area contributed by atoms with E-state index < -0.39 is 0 Å². The lowest BCUT2D eigenvalue weighted by Gasteiger charge is -2.31. The zero-order valence-corrected chi connectivity index (χ0v) is 16.4. The molecule has 0 spiro atoms. The Balaban J connectivity index is 1.25. The van der Waals surface area contributed by atoms with E-state index >= 15 is 0 Å². The van der Waals surface area contributed by atoms with Crippen LogP contribution < -0.4 is 10.2 Å². The Hall–Kier alpha value is -2.82. The first-order valence-corrected chi connectivity index (χ1v) is 10.2. The van der Waals surface area contributed by atoms with Crippen LogP contribution in [0.5, 0.6) is 0 Å². The van der Waals surface area contributed by atoms with Gasteiger partial charge in [-0.2, -0.15) is 0 Å². The molecule has 4 rings (SSSR count). The Bertz CT molecular complexity index is 923. The molecule has 2 aromatic heterocycles. The maximum atomic E-state index is 12.2. The van der Waals surface area contributed by atoms with E-state index in [2.05, 4.69) is 51.4 Å². The Morgan fingerprint density at radius 1 is 1.21 bits per heavy atom. The number of benzene rings is 1. The van der Waals surface area contributed by atoms with Crippen LogP contribution in [0.1, 0.15) is 37.3 Å². The van der Waals surface area contributed by atoms with Gasteiger partial charge in [-0.15, -0.1) is 0 Å². The number of H-pyrrole nitrogens is 1. The zero-order chi connectivity index (χ0) is 19.3. The summed E-state index contributed by atoms with van der Waals surface area (Å²) in [6.07, 6.45) is 7.57. The highest BCUT2D eigenvalue weighted by Crippen LogP contribution is 2.21. The van der Waals surface area contributed by atoms with Crippen molar-refractivity contribution >= 4 is 22.6 Å². The minimum Gasteiger partial charge on any atom is -0.361 e. The molecule has 0 saturated carbocycles. The number of pyridine rings is 1. The van der Waals surface area contributed by atoms with Gasteiger partial charge in [-0.25, -0.2) is 4.98 Å². The number of aromatic nitrogens is 2. The molecule has 0 bridgehead atoms. The van der Waals surface area contributed by atoms with Crippen LogP contribution in [0, 0.1) is 5.92 Å². The SMILES string of the molecule is CC1CCN(c2ccc(CNC(=O)CCc3c[nH]c4ccccc34)cn2)CC1. The van der Waals surface area contributed by atoms with Gasteiger partial charge in [-0.05, 0) is 48.4 Å². The van der Waals surface area contributed by atoms with Crippen molar-refractivity contribution in [3.8, 4) is 0 Å². The number of para-hydroxylation sites is 1. The summed E-state index contributed by atoms with van der Waals surface area (Å²) in [5, 5.41) is 4.21. The van der Waals surface area contributed by atoms with Crippen molar-refractivity contribution in [2.24, 2.45) is 5.92 Å². The first-order valence-electron chi connectivity index (χ1n) is 10.2. The van der Waals surface area contributed by atoms with Crippen LogP contribution >= 0.6 is 0 Å². The average Bonchev–Trinajstić information content (AvgIpc) is 3.15. The number of rotatable bonds is 6. The number of hydrogen-bond donors (Lipinski definition) is 2. The Labute approximate surface area is 166 Å². The van der Waals surface area contributed by atoms with Gasteiger partial charge in [0.2, 0.25) is 5.91 Å². The fraction of sp³-hybridized carbons (Fsp3) is 0.391. The van der Waals surface area contributed by atoms with Crippen molar-refractivity contribution in [1.82, 2.24) is 15.3 Å². The Morgan fingerprint density at radius 2 is 2.04 bits per heavy atom. The summed E-state index contributed by atoms with van der Waals surface area (Å²) in [4.78, 5) is 22.5. The van der Waals surface area contributed by atoms with Crippen molar-refractivity contribution < 1.29 is 4.79 Å². The van der Waals surface area contributed by atoms with Gasteiger partial charge in [-0.1, -0.05) is 31.2 Å². The first kappa shape index (κ1) is 18.5. The third-order valence-electron chi connectivity index (χ3n) is 5.70. The zero-order valence-electron chi connectivity index (χ0n) is 16.4. The van der Waals surface area contributed by atoms with E-state index in [1.54, 1.807) is 0 Å². The van der Waals surface area contributed by atoms with Crippen LogP contribution in [0.2, 0.25) is 0 Å². The molecule has 3 aromatic rings. The van der Waals surface area contributed by atoms with Crippen LogP contribution in [0.25, 0.3) is 10.9 Å². The molecule has 0 aliphatic carbocycles. The molecule has 5 nitrogen and oxygen atoms in total. The first-order chi connectivity index (χ1) is 13.7. The lowest BCUT2D eigenvalue weighted by molar-refractivity contribution is -0.121. The third-order valence-corrected chi connectivity index (χ3v) is 5.70. The molecule has 0 atom stereocenters. The van der Waals surface area contributed by atoms with Gasteiger partial charge in [0.15, 0.2) is 0 Å². The summed E-state index contributed by atoms with van der Waals surface area (Å²) >= 11 is 0. The summed E-state index contributed by atoms with van der Waals surface area (Å²) in [5.74, 6) is 1.93. The highest BCUT2D eigenvalue weighted by atomic mass is 16.1. The maximum Gasteiger partial charge on any atom is 0.220 e. The van der Waals surface area contributed by atoms with Gasteiger partial charge < -0.3 is 15.2 Å².